The lowest BCUT2D eigenvalue weighted by Gasteiger charge is -2.41. The Hall–Kier alpha value is 0.0169. The minimum Gasteiger partial charge on any atom is -0.410 e. The van der Waals surface area contributed by atoms with Gasteiger partial charge in [-0.15, -0.1) is 11.3 Å². The SMILES string of the molecule is C/C(I)=C/[C@@H](C)[C@H](O[Si](C)(C)C(C)(C)C)/C(C)=C/c1csc(C)n1. The number of aryl methyl sites for hydroxylation is 1. The van der Waals surface area contributed by atoms with Crippen LogP contribution in [0.5, 0.6) is 0 Å². The monoisotopic (exact) mass is 477 g/mol. The van der Waals surface area contributed by atoms with Gasteiger partial charge in [-0.3, -0.25) is 0 Å². The Kier molecular flexibility index (Phi) is 7.91. The molecule has 1 aromatic heterocycles. The third-order valence-electron chi connectivity index (χ3n) is 4.66. The average molecular weight is 478 g/mol. The summed E-state index contributed by atoms with van der Waals surface area (Å²) < 4.78 is 8.11. The Morgan fingerprint density at radius 2 is 1.92 bits per heavy atom. The third-order valence-corrected chi connectivity index (χ3v) is 10.3. The summed E-state index contributed by atoms with van der Waals surface area (Å²) in [5.74, 6) is 0.340. The summed E-state index contributed by atoms with van der Waals surface area (Å²) in [6.07, 6.45) is 4.59. The van der Waals surface area contributed by atoms with Gasteiger partial charge in [-0.25, -0.2) is 4.98 Å². The average Bonchev–Trinajstić information content (AvgIpc) is 2.79. The van der Waals surface area contributed by atoms with Crippen LogP contribution in [0.15, 0.2) is 20.6 Å². The molecule has 0 aliphatic carbocycles. The predicted octanol–water partition coefficient (Wildman–Crippen LogP) is 7.22. The summed E-state index contributed by atoms with van der Waals surface area (Å²) in [7, 11) is -1.85. The largest absolute Gasteiger partial charge is 0.410 e. The molecule has 1 heterocycles. The smallest absolute Gasteiger partial charge is 0.192 e. The second kappa shape index (κ2) is 8.60. The Balaban J connectivity index is 3.18. The zero-order chi connectivity index (χ0) is 18.7. The van der Waals surface area contributed by atoms with Crippen molar-refractivity contribution in [3.8, 4) is 0 Å². The van der Waals surface area contributed by atoms with E-state index in [1.165, 1.54) is 9.15 Å². The normalized spacial score (nSPS) is 17.1. The van der Waals surface area contributed by atoms with Gasteiger partial charge in [-0.2, -0.15) is 0 Å². The van der Waals surface area contributed by atoms with Gasteiger partial charge in [0.05, 0.1) is 16.8 Å². The molecule has 5 heteroatoms. The molecular formula is C19H32INOSSi. The van der Waals surface area contributed by atoms with Crippen molar-refractivity contribution in [1.82, 2.24) is 4.98 Å². The second-order valence-electron chi connectivity index (χ2n) is 8.09. The van der Waals surface area contributed by atoms with Gasteiger partial charge in [-0.1, -0.05) is 33.8 Å². The van der Waals surface area contributed by atoms with E-state index in [9.17, 15) is 0 Å². The van der Waals surface area contributed by atoms with Gasteiger partial charge in [0.2, 0.25) is 0 Å². The zero-order valence-electron chi connectivity index (χ0n) is 16.5. The number of aromatic nitrogens is 1. The van der Waals surface area contributed by atoms with Crippen LogP contribution in [0.1, 0.15) is 52.2 Å². The molecule has 0 bridgehead atoms. The van der Waals surface area contributed by atoms with Crippen LogP contribution in [0.2, 0.25) is 18.1 Å². The van der Waals surface area contributed by atoms with Crippen molar-refractivity contribution in [3.05, 3.63) is 31.3 Å². The van der Waals surface area contributed by atoms with E-state index in [0.717, 1.165) is 10.7 Å². The molecule has 0 saturated heterocycles. The van der Waals surface area contributed by atoms with Crippen LogP contribution in [0.25, 0.3) is 6.08 Å². The number of hydrogen-bond acceptors (Lipinski definition) is 3. The van der Waals surface area contributed by atoms with Crippen molar-refractivity contribution >= 4 is 48.3 Å². The van der Waals surface area contributed by atoms with Gasteiger partial charge in [0.1, 0.15) is 0 Å². The summed E-state index contributed by atoms with van der Waals surface area (Å²) in [5.41, 5.74) is 2.30. The fourth-order valence-electron chi connectivity index (χ4n) is 2.32. The molecule has 0 N–H and O–H groups in total. The maximum Gasteiger partial charge on any atom is 0.192 e. The van der Waals surface area contributed by atoms with Crippen LogP contribution in [0.3, 0.4) is 0 Å². The van der Waals surface area contributed by atoms with Gasteiger partial charge in [0.15, 0.2) is 8.32 Å². The Morgan fingerprint density at radius 1 is 1.33 bits per heavy atom. The van der Waals surface area contributed by atoms with E-state index in [1.54, 1.807) is 11.3 Å². The van der Waals surface area contributed by atoms with E-state index in [0.29, 0.717) is 5.92 Å². The maximum absolute atomic E-state index is 6.80. The van der Waals surface area contributed by atoms with E-state index in [-0.39, 0.29) is 11.1 Å². The highest BCUT2D eigenvalue weighted by Gasteiger charge is 2.40. The van der Waals surface area contributed by atoms with Crippen molar-refractivity contribution in [3.63, 3.8) is 0 Å². The fourth-order valence-corrected chi connectivity index (χ4v) is 4.85. The molecule has 0 aliphatic heterocycles. The highest BCUT2D eigenvalue weighted by molar-refractivity contribution is 14.1. The lowest BCUT2D eigenvalue weighted by atomic mass is 9.97. The van der Waals surface area contributed by atoms with Crippen molar-refractivity contribution < 1.29 is 4.43 Å². The minimum absolute atomic E-state index is 0.0950. The first-order chi connectivity index (χ1) is 10.8. The van der Waals surface area contributed by atoms with Gasteiger partial charge in [0.25, 0.3) is 0 Å². The molecule has 0 amide bonds. The van der Waals surface area contributed by atoms with Crippen LogP contribution in [-0.4, -0.2) is 19.4 Å². The summed E-state index contributed by atoms with van der Waals surface area (Å²) in [5, 5.41) is 3.42. The topological polar surface area (TPSA) is 22.1 Å². The molecular weight excluding hydrogens is 445 g/mol. The van der Waals surface area contributed by atoms with Gasteiger partial charge < -0.3 is 4.43 Å². The Bertz CT molecular complexity index is 609. The second-order valence-corrected chi connectivity index (χ2v) is 15.6. The van der Waals surface area contributed by atoms with Crippen molar-refractivity contribution in [2.75, 3.05) is 0 Å². The standard InChI is InChI=1S/C19H32INOSSi/c1-13(10-15(3)20)18(22-24(8,9)19(5,6)7)14(2)11-17-12-23-16(4)21-17/h10-13,18H,1-9H3/b14-11+,15-10-/t13-,18+/m1/s1. The van der Waals surface area contributed by atoms with Gasteiger partial charge in [-0.05, 0) is 76.7 Å². The third kappa shape index (κ3) is 6.39. The highest BCUT2D eigenvalue weighted by Crippen LogP contribution is 2.39. The molecule has 0 unspecified atom stereocenters. The van der Waals surface area contributed by atoms with E-state index < -0.39 is 8.32 Å². The Morgan fingerprint density at radius 3 is 2.33 bits per heavy atom. The molecule has 0 radical (unpaired) electrons. The molecule has 2 nitrogen and oxygen atoms in total. The fraction of sp³-hybridized carbons (Fsp3) is 0.632. The number of rotatable bonds is 6. The lowest BCUT2D eigenvalue weighted by Crippen LogP contribution is -2.45. The summed E-state index contributed by atoms with van der Waals surface area (Å²) in [4.78, 5) is 4.58. The van der Waals surface area contributed by atoms with Crippen LogP contribution in [0, 0.1) is 12.8 Å². The molecule has 2 atom stereocenters. The molecule has 24 heavy (non-hydrogen) atoms. The van der Waals surface area contributed by atoms with Crippen molar-refractivity contribution in [1.29, 1.82) is 0 Å². The molecule has 0 saturated carbocycles. The first-order valence-electron chi connectivity index (χ1n) is 8.45. The van der Waals surface area contributed by atoms with E-state index in [4.69, 9.17) is 4.43 Å². The number of allylic oxidation sites excluding steroid dienone is 1. The summed E-state index contributed by atoms with van der Waals surface area (Å²) >= 11 is 4.08. The highest BCUT2D eigenvalue weighted by atomic mass is 127. The lowest BCUT2D eigenvalue weighted by molar-refractivity contribution is 0.179. The van der Waals surface area contributed by atoms with E-state index >= 15 is 0 Å². The Labute approximate surface area is 167 Å². The van der Waals surface area contributed by atoms with Crippen LogP contribution >= 0.6 is 33.9 Å². The molecule has 0 aromatic carbocycles. The van der Waals surface area contributed by atoms with Gasteiger partial charge in [0, 0.05) is 11.3 Å². The van der Waals surface area contributed by atoms with Crippen molar-refractivity contribution in [2.45, 2.75) is 72.7 Å². The molecule has 0 spiro atoms. The summed E-state index contributed by atoms with van der Waals surface area (Å²) in [6, 6.07) is 0. The number of hydrogen-bond donors (Lipinski definition) is 0. The predicted molar refractivity (Wildman–Crippen MR) is 120 cm³/mol. The number of nitrogens with zero attached hydrogens (tertiary/aromatic N) is 1. The molecule has 1 rings (SSSR count). The number of thiazole rings is 1. The minimum atomic E-state index is -1.85. The maximum atomic E-state index is 6.80. The van der Waals surface area contributed by atoms with Crippen LogP contribution in [-0.2, 0) is 4.43 Å². The van der Waals surface area contributed by atoms with Crippen LogP contribution < -0.4 is 0 Å². The molecule has 136 valence electrons. The van der Waals surface area contributed by atoms with Gasteiger partial charge >= 0.3 is 0 Å². The zero-order valence-corrected chi connectivity index (χ0v) is 20.5. The first-order valence-corrected chi connectivity index (χ1v) is 13.3. The first kappa shape index (κ1) is 22.1. The molecule has 1 aromatic rings. The van der Waals surface area contributed by atoms with E-state index in [1.807, 2.05) is 6.92 Å². The van der Waals surface area contributed by atoms with Crippen molar-refractivity contribution in [2.24, 2.45) is 5.92 Å². The molecule has 0 fully saturated rings. The quantitative estimate of drug-likeness (QED) is 0.319. The molecule has 0 aliphatic rings. The summed E-state index contributed by atoms with van der Waals surface area (Å²) in [6.45, 7) is 20.2. The number of halogens is 1. The van der Waals surface area contributed by atoms with E-state index in [2.05, 4.69) is 99.7 Å². The van der Waals surface area contributed by atoms with Crippen LogP contribution in [0.4, 0.5) is 0 Å².